The SMILES string of the molecule is CC(CN(OP(=O)(O)O[C@H](C)[CH]Cc1ccccc1)c1ccoc1)CS(=O)(=O)c1ccc([N+](=O)[O-])cc1. The van der Waals surface area contributed by atoms with E-state index in [1.54, 1.807) is 20.3 Å². The Hall–Kier alpha value is -3.02. The standard InChI is InChI=1S/C24H28N2O9PS/c1-19(18-37(31,32)24-12-10-22(11-13-24)26(27)28)16-25(23-14-15-33-17-23)35-36(29,30)34-20(2)8-9-21-6-4-3-5-7-21/h3-8,10-15,17,19-20H,9,16,18H2,1-2H3,(H,29,30)/t19?,20-/m1/s1. The number of hydrogen-bond donors (Lipinski definition) is 1. The fraction of sp³-hybridized carbons (Fsp3) is 0.292. The monoisotopic (exact) mass is 551 g/mol. The lowest BCUT2D eigenvalue weighted by Gasteiger charge is -2.27. The Bertz CT molecular complexity index is 1300. The molecule has 0 aliphatic carbocycles. The van der Waals surface area contributed by atoms with Gasteiger partial charge in [0.05, 0.1) is 27.9 Å². The van der Waals surface area contributed by atoms with Gasteiger partial charge in [0.1, 0.15) is 12.0 Å². The Kier molecular flexibility index (Phi) is 9.63. The summed E-state index contributed by atoms with van der Waals surface area (Å²) in [6.07, 6.45) is 4.14. The lowest BCUT2D eigenvalue weighted by atomic mass is 10.1. The zero-order valence-electron chi connectivity index (χ0n) is 20.2. The average molecular weight is 552 g/mol. The second-order valence-electron chi connectivity index (χ2n) is 8.47. The van der Waals surface area contributed by atoms with E-state index in [2.05, 4.69) is 0 Å². The molecule has 3 aromatic rings. The van der Waals surface area contributed by atoms with Crippen molar-refractivity contribution < 1.29 is 36.4 Å². The Balaban J connectivity index is 1.63. The van der Waals surface area contributed by atoms with E-state index in [1.807, 2.05) is 30.3 Å². The van der Waals surface area contributed by atoms with Gasteiger partial charge in [0, 0.05) is 24.7 Å². The predicted octanol–water partition coefficient (Wildman–Crippen LogP) is 4.99. The number of hydroxylamine groups is 1. The van der Waals surface area contributed by atoms with Gasteiger partial charge in [-0.15, -0.1) is 0 Å². The fourth-order valence-corrected chi connectivity index (χ4v) is 6.03. The van der Waals surface area contributed by atoms with Crippen LogP contribution in [-0.4, -0.2) is 36.6 Å². The third-order valence-corrected chi connectivity index (χ3v) is 8.21. The van der Waals surface area contributed by atoms with Crippen molar-refractivity contribution in [2.75, 3.05) is 17.4 Å². The number of phosphoric ester groups is 1. The van der Waals surface area contributed by atoms with Gasteiger partial charge in [0.2, 0.25) is 0 Å². The molecule has 1 aromatic heterocycles. The van der Waals surface area contributed by atoms with Gasteiger partial charge in [-0.05, 0) is 43.4 Å². The number of anilines is 1. The molecule has 37 heavy (non-hydrogen) atoms. The van der Waals surface area contributed by atoms with E-state index in [0.717, 1.165) is 22.8 Å². The van der Waals surface area contributed by atoms with Crippen LogP contribution in [-0.2, 0) is 30.0 Å². The molecular formula is C24H28N2O9PS. The van der Waals surface area contributed by atoms with Gasteiger partial charge in [0.15, 0.2) is 9.84 Å². The van der Waals surface area contributed by atoms with Crippen molar-refractivity contribution in [2.45, 2.75) is 31.3 Å². The minimum atomic E-state index is -4.61. The van der Waals surface area contributed by atoms with E-state index in [0.29, 0.717) is 12.1 Å². The van der Waals surface area contributed by atoms with Crippen LogP contribution in [0, 0.1) is 22.5 Å². The molecule has 2 unspecified atom stereocenters. The molecular weight excluding hydrogens is 523 g/mol. The number of hydrogen-bond acceptors (Lipinski definition) is 9. The molecule has 199 valence electrons. The van der Waals surface area contributed by atoms with Crippen LogP contribution in [0.5, 0.6) is 0 Å². The largest absolute Gasteiger partial charge is 0.494 e. The van der Waals surface area contributed by atoms with Crippen LogP contribution in [0.2, 0.25) is 0 Å². The molecule has 1 heterocycles. The summed E-state index contributed by atoms with van der Waals surface area (Å²) >= 11 is 0. The molecule has 0 spiro atoms. The van der Waals surface area contributed by atoms with Crippen molar-refractivity contribution >= 4 is 29.0 Å². The summed E-state index contributed by atoms with van der Waals surface area (Å²) in [6.45, 7) is 3.14. The first-order valence-electron chi connectivity index (χ1n) is 11.3. The van der Waals surface area contributed by atoms with Crippen LogP contribution in [0.15, 0.2) is 82.5 Å². The molecule has 13 heteroatoms. The van der Waals surface area contributed by atoms with Crippen molar-refractivity contribution in [3.8, 4) is 0 Å². The number of nitrogens with zero attached hydrogens (tertiary/aromatic N) is 2. The molecule has 2 aromatic carbocycles. The molecule has 1 radical (unpaired) electrons. The number of non-ortho nitro benzene ring substituents is 1. The lowest BCUT2D eigenvalue weighted by molar-refractivity contribution is -0.384. The molecule has 0 aliphatic rings. The van der Waals surface area contributed by atoms with Gasteiger partial charge < -0.3 is 9.31 Å². The first-order chi connectivity index (χ1) is 17.4. The van der Waals surface area contributed by atoms with Crippen LogP contribution in [0.25, 0.3) is 0 Å². The highest BCUT2D eigenvalue weighted by Crippen LogP contribution is 2.47. The maximum Gasteiger partial charge on any atom is 0.494 e. The molecule has 0 saturated heterocycles. The Morgan fingerprint density at radius 3 is 2.41 bits per heavy atom. The number of nitro benzene ring substituents is 1. The molecule has 3 rings (SSSR count). The third-order valence-electron chi connectivity index (χ3n) is 5.21. The fourth-order valence-electron chi connectivity index (χ4n) is 3.48. The molecule has 0 bridgehead atoms. The Morgan fingerprint density at radius 2 is 1.81 bits per heavy atom. The van der Waals surface area contributed by atoms with Gasteiger partial charge in [0.25, 0.3) is 5.69 Å². The van der Waals surface area contributed by atoms with Crippen molar-refractivity contribution in [2.24, 2.45) is 5.92 Å². The molecule has 0 saturated carbocycles. The summed E-state index contributed by atoms with van der Waals surface area (Å²) < 4.78 is 54.0. The van der Waals surface area contributed by atoms with E-state index >= 15 is 0 Å². The van der Waals surface area contributed by atoms with E-state index in [9.17, 15) is 28.0 Å². The first kappa shape index (κ1) is 28.5. The molecule has 3 atom stereocenters. The molecule has 0 amide bonds. The summed E-state index contributed by atoms with van der Waals surface area (Å²) in [4.78, 5) is 20.5. The summed E-state index contributed by atoms with van der Waals surface area (Å²) in [7, 11) is -8.42. The van der Waals surface area contributed by atoms with E-state index < -0.39 is 34.6 Å². The summed E-state index contributed by atoms with van der Waals surface area (Å²) in [5.41, 5.74) is 1.08. The van der Waals surface area contributed by atoms with Gasteiger partial charge in [-0.2, -0.15) is 4.62 Å². The molecule has 0 aliphatic heterocycles. The van der Waals surface area contributed by atoms with E-state index in [1.165, 1.54) is 30.7 Å². The highest BCUT2D eigenvalue weighted by atomic mass is 32.2. The number of benzene rings is 2. The zero-order chi connectivity index (χ0) is 27.1. The van der Waals surface area contributed by atoms with Gasteiger partial charge >= 0.3 is 7.82 Å². The highest BCUT2D eigenvalue weighted by Gasteiger charge is 2.31. The van der Waals surface area contributed by atoms with Crippen molar-refractivity contribution in [1.82, 2.24) is 0 Å². The van der Waals surface area contributed by atoms with E-state index in [-0.39, 0.29) is 22.9 Å². The quantitative estimate of drug-likeness (QED) is 0.165. The second-order valence-corrected chi connectivity index (χ2v) is 11.8. The zero-order valence-corrected chi connectivity index (χ0v) is 22.0. The van der Waals surface area contributed by atoms with Crippen molar-refractivity contribution in [1.29, 1.82) is 0 Å². The minimum absolute atomic E-state index is 0.0697. The van der Waals surface area contributed by atoms with Crippen LogP contribution >= 0.6 is 7.82 Å². The van der Waals surface area contributed by atoms with Crippen LogP contribution in [0.1, 0.15) is 19.4 Å². The minimum Gasteiger partial charge on any atom is -0.470 e. The Labute approximate surface area is 215 Å². The number of phosphoric acid groups is 1. The topological polar surface area (TPSA) is 149 Å². The van der Waals surface area contributed by atoms with Crippen molar-refractivity contribution in [3.05, 3.63) is 95.3 Å². The van der Waals surface area contributed by atoms with Crippen LogP contribution in [0.4, 0.5) is 11.4 Å². The average Bonchev–Trinajstić information content (AvgIpc) is 3.37. The number of nitro groups is 1. The smallest absolute Gasteiger partial charge is 0.470 e. The highest BCUT2D eigenvalue weighted by molar-refractivity contribution is 7.91. The number of furan rings is 1. The first-order valence-corrected chi connectivity index (χ1v) is 14.4. The van der Waals surface area contributed by atoms with Crippen LogP contribution in [0.3, 0.4) is 0 Å². The number of sulfone groups is 1. The lowest BCUT2D eigenvalue weighted by Crippen LogP contribution is -2.31. The third kappa shape index (κ3) is 8.80. The molecule has 1 N–H and O–H groups in total. The van der Waals surface area contributed by atoms with E-state index in [4.69, 9.17) is 13.6 Å². The summed E-state index contributed by atoms with van der Waals surface area (Å²) in [5.74, 6) is -0.933. The Morgan fingerprint density at radius 1 is 1.14 bits per heavy atom. The molecule has 11 nitrogen and oxygen atoms in total. The van der Waals surface area contributed by atoms with Gasteiger partial charge in [-0.25, -0.2) is 18.0 Å². The van der Waals surface area contributed by atoms with Gasteiger partial charge in [-0.1, -0.05) is 37.3 Å². The predicted molar refractivity (Wildman–Crippen MR) is 136 cm³/mol. The maximum absolute atomic E-state index is 12.8. The maximum atomic E-state index is 12.8. The van der Waals surface area contributed by atoms with Gasteiger partial charge in [-0.3, -0.25) is 14.6 Å². The normalized spacial score (nSPS) is 15.0. The summed E-state index contributed by atoms with van der Waals surface area (Å²) in [5, 5.41) is 11.9. The second kappa shape index (κ2) is 12.5. The van der Waals surface area contributed by atoms with Crippen LogP contribution < -0.4 is 5.06 Å². The number of rotatable bonds is 14. The molecule has 0 fully saturated rings. The summed E-state index contributed by atoms with van der Waals surface area (Å²) in [6, 6.07) is 15.6. The van der Waals surface area contributed by atoms with Crippen molar-refractivity contribution in [3.63, 3.8) is 0 Å².